The number of rotatable bonds is 1. The Morgan fingerprint density at radius 2 is 2.31 bits per heavy atom. The zero-order valence-electron chi connectivity index (χ0n) is 8.86. The quantitative estimate of drug-likeness (QED) is 0.789. The minimum atomic E-state index is -0.0478. The first-order chi connectivity index (χ1) is 7.84. The number of nitrogens with one attached hydrogen (secondary N) is 1. The van der Waals surface area contributed by atoms with Crippen LogP contribution in [0.1, 0.15) is 25.0 Å². The van der Waals surface area contributed by atoms with E-state index in [1.807, 2.05) is 6.07 Å². The van der Waals surface area contributed by atoms with E-state index in [0.29, 0.717) is 5.39 Å². The van der Waals surface area contributed by atoms with E-state index in [9.17, 15) is 4.79 Å². The minimum absolute atomic E-state index is 0.0478. The molecule has 0 amide bonds. The Hall–Kier alpha value is -1.90. The first-order valence-electron chi connectivity index (χ1n) is 5.52. The molecule has 3 nitrogen and oxygen atoms in total. The zero-order chi connectivity index (χ0) is 11.0. The van der Waals surface area contributed by atoms with Gasteiger partial charge in [0, 0.05) is 11.9 Å². The molecule has 2 aromatic rings. The third-order valence-corrected chi connectivity index (χ3v) is 3.00. The Bertz CT molecular complexity index is 625. The molecular formula is C13H12N2O. The lowest BCUT2D eigenvalue weighted by atomic mass is 10.1. The van der Waals surface area contributed by atoms with Crippen LogP contribution in [0.5, 0.6) is 0 Å². The molecule has 0 saturated heterocycles. The van der Waals surface area contributed by atoms with Gasteiger partial charge in [0.05, 0.1) is 10.9 Å². The standard InChI is InChI=1S/C13H12N2O/c16-13-10-6-3-7-14-12(10)8-11(15-13)9-4-1-2-5-9/h3-4,6-8H,1-2,5H2,(H,15,16). The Kier molecular flexibility index (Phi) is 2.10. The van der Waals surface area contributed by atoms with Gasteiger partial charge >= 0.3 is 0 Å². The average Bonchev–Trinajstić information content (AvgIpc) is 2.82. The van der Waals surface area contributed by atoms with Crippen LogP contribution in [0.3, 0.4) is 0 Å². The van der Waals surface area contributed by atoms with Gasteiger partial charge in [0.1, 0.15) is 0 Å². The normalized spacial score (nSPS) is 15.4. The van der Waals surface area contributed by atoms with Gasteiger partial charge in [-0.1, -0.05) is 6.08 Å². The highest BCUT2D eigenvalue weighted by atomic mass is 16.1. The van der Waals surface area contributed by atoms with Crippen LogP contribution in [0, 0.1) is 0 Å². The molecule has 2 aromatic heterocycles. The SMILES string of the molecule is O=c1[nH]c(C2=CCCC2)cc2ncccc12. The number of allylic oxidation sites excluding steroid dienone is 2. The van der Waals surface area contributed by atoms with Crippen LogP contribution in [0.2, 0.25) is 0 Å². The molecule has 3 rings (SSSR count). The Labute approximate surface area is 92.8 Å². The highest BCUT2D eigenvalue weighted by Crippen LogP contribution is 2.26. The number of hydrogen-bond acceptors (Lipinski definition) is 2. The van der Waals surface area contributed by atoms with Crippen molar-refractivity contribution in [1.29, 1.82) is 0 Å². The van der Waals surface area contributed by atoms with E-state index < -0.39 is 0 Å². The van der Waals surface area contributed by atoms with Crippen LogP contribution >= 0.6 is 0 Å². The lowest BCUT2D eigenvalue weighted by Crippen LogP contribution is -2.09. The van der Waals surface area contributed by atoms with E-state index in [0.717, 1.165) is 24.1 Å². The van der Waals surface area contributed by atoms with Gasteiger partial charge in [-0.05, 0) is 43.0 Å². The van der Waals surface area contributed by atoms with Gasteiger partial charge in [-0.3, -0.25) is 9.78 Å². The molecule has 0 atom stereocenters. The number of H-pyrrole nitrogens is 1. The molecular weight excluding hydrogens is 200 g/mol. The summed E-state index contributed by atoms with van der Waals surface area (Å²) in [5, 5.41) is 0.657. The second kappa shape index (κ2) is 3.59. The topological polar surface area (TPSA) is 45.8 Å². The maximum Gasteiger partial charge on any atom is 0.257 e. The maximum absolute atomic E-state index is 11.8. The van der Waals surface area contributed by atoms with Gasteiger partial charge < -0.3 is 4.98 Å². The van der Waals surface area contributed by atoms with Crippen molar-refractivity contribution in [3.63, 3.8) is 0 Å². The Morgan fingerprint density at radius 3 is 3.12 bits per heavy atom. The summed E-state index contributed by atoms with van der Waals surface area (Å²) in [5.41, 5.74) is 2.89. The van der Waals surface area contributed by atoms with Gasteiger partial charge in [0.2, 0.25) is 0 Å². The van der Waals surface area contributed by atoms with Crippen LogP contribution in [-0.4, -0.2) is 9.97 Å². The van der Waals surface area contributed by atoms with Crippen molar-refractivity contribution in [2.75, 3.05) is 0 Å². The fraction of sp³-hybridized carbons (Fsp3) is 0.231. The largest absolute Gasteiger partial charge is 0.322 e. The highest BCUT2D eigenvalue weighted by molar-refractivity contribution is 5.80. The van der Waals surface area contributed by atoms with E-state index in [-0.39, 0.29) is 5.56 Å². The van der Waals surface area contributed by atoms with Crippen molar-refractivity contribution < 1.29 is 0 Å². The van der Waals surface area contributed by atoms with E-state index in [1.165, 1.54) is 12.0 Å². The molecule has 0 aromatic carbocycles. The van der Waals surface area contributed by atoms with E-state index in [4.69, 9.17) is 0 Å². The minimum Gasteiger partial charge on any atom is -0.322 e. The molecule has 0 spiro atoms. The molecule has 0 fully saturated rings. The lowest BCUT2D eigenvalue weighted by molar-refractivity contribution is 0.932. The zero-order valence-corrected chi connectivity index (χ0v) is 8.86. The van der Waals surface area contributed by atoms with E-state index >= 15 is 0 Å². The van der Waals surface area contributed by atoms with E-state index in [2.05, 4.69) is 16.0 Å². The van der Waals surface area contributed by atoms with Crippen molar-refractivity contribution in [2.24, 2.45) is 0 Å². The molecule has 0 saturated carbocycles. The molecule has 0 bridgehead atoms. The van der Waals surface area contributed by atoms with Crippen molar-refractivity contribution in [2.45, 2.75) is 19.3 Å². The van der Waals surface area contributed by atoms with Crippen LogP contribution in [-0.2, 0) is 0 Å². The summed E-state index contributed by atoms with van der Waals surface area (Å²) in [6.45, 7) is 0. The average molecular weight is 212 g/mol. The number of fused-ring (bicyclic) bond motifs is 1. The molecule has 0 radical (unpaired) electrons. The van der Waals surface area contributed by atoms with Gasteiger partial charge in [-0.15, -0.1) is 0 Å². The summed E-state index contributed by atoms with van der Waals surface area (Å²) < 4.78 is 0. The predicted molar refractivity (Wildman–Crippen MR) is 64.2 cm³/mol. The van der Waals surface area contributed by atoms with Crippen LogP contribution < -0.4 is 5.56 Å². The molecule has 0 aliphatic heterocycles. The molecule has 0 unspecified atom stereocenters. The molecule has 1 N–H and O–H groups in total. The van der Waals surface area contributed by atoms with Crippen molar-refractivity contribution in [1.82, 2.24) is 9.97 Å². The molecule has 3 heteroatoms. The summed E-state index contributed by atoms with van der Waals surface area (Å²) in [4.78, 5) is 19.0. The van der Waals surface area contributed by atoms with Crippen molar-refractivity contribution >= 4 is 16.5 Å². The van der Waals surface area contributed by atoms with Gasteiger partial charge in [-0.25, -0.2) is 0 Å². The third kappa shape index (κ3) is 1.45. The monoisotopic (exact) mass is 212 g/mol. The number of hydrogen-bond donors (Lipinski definition) is 1. The maximum atomic E-state index is 11.8. The van der Waals surface area contributed by atoms with E-state index in [1.54, 1.807) is 18.3 Å². The lowest BCUT2D eigenvalue weighted by Gasteiger charge is -2.03. The number of nitrogens with zero attached hydrogens (tertiary/aromatic N) is 1. The van der Waals surface area contributed by atoms with Crippen molar-refractivity contribution in [3.8, 4) is 0 Å². The summed E-state index contributed by atoms with van der Waals surface area (Å²) in [6, 6.07) is 5.55. The van der Waals surface area contributed by atoms with Gasteiger partial charge in [0.15, 0.2) is 0 Å². The second-order valence-electron chi connectivity index (χ2n) is 4.07. The Morgan fingerprint density at radius 1 is 1.38 bits per heavy atom. The summed E-state index contributed by atoms with van der Waals surface area (Å²) in [5.74, 6) is 0. The fourth-order valence-electron chi connectivity index (χ4n) is 2.18. The number of aromatic amines is 1. The van der Waals surface area contributed by atoms with Gasteiger partial charge in [-0.2, -0.15) is 0 Å². The Balaban J connectivity index is 2.25. The first kappa shape index (κ1) is 9.33. The fourth-order valence-corrected chi connectivity index (χ4v) is 2.18. The van der Waals surface area contributed by atoms with Crippen LogP contribution in [0.4, 0.5) is 0 Å². The highest BCUT2D eigenvalue weighted by Gasteiger charge is 2.09. The summed E-state index contributed by atoms with van der Waals surface area (Å²) in [6.07, 6.45) is 7.25. The summed E-state index contributed by atoms with van der Waals surface area (Å²) >= 11 is 0. The molecule has 1 aliphatic carbocycles. The number of pyridine rings is 2. The van der Waals surface area contributed by atoms with Crippen LogP contribution in [0.25, 0.3) is 16.5 Å². The second-order valence-corrected chi connectivity index (χ2v) is 4.07. The molecule has 2 heterocycles. The molecule has 80 valence electrons. The summed E-state index contributed by atoms with van der Waals surface area (Å²) in [7, 11) is 0. The molecule has 1 aliphatic rings. The third-order valence-electron chi connectivity index (χ3n) is 3.00. The first-order valence-corrected chi connectivity index (χ1v) is 5.52. The van der Waals surface area contributed by atoms with Gasteiger partial charge in [0.25, 0.3) is 5.56 Å². The smallest absolute Gasteiger partial charge is 0.257 e. The predicted octanol–water partition coefficient (Wildman–Crippen LogP) is 2.49. The van der Waals surface area contributed by atoms with Crippen LogP contribution in [0.15, 0.2) is 35.3 Å². The molecule has 16 heavy (non-hydrogen) atoms. The number of aromatic nitrogens is 2. The van der Waals surface area contributed by atoms with Crippen molar-refractivity contribution in [3.05, 3.63) is 46.5 Å².